The lowest BCUT2D eigenvalue weighted by molar-refractivity contribution is -0.0123. The predicted molar refractivity (Wildman–Crippen MR) is 119 cm³/mol. The average molecular weight is 423 g/mol. The molecule has 1 saturated heterocycles. The zero-order valence-corrected chi connectivity index (χ0v) is 18.5. The van der Waals surface area contributed by atoms with Crippen molar-refractivity contribution >= 4 is 0 Å². The molecule has 0 saturated carbocycles. The van der Waals surface area contributed by atoms with Gasteiger partial charge in [-0.2, -0.15) is 0 Å². The molecule has 6 heteroatoms. The van der Waals surface area contributed by atoms with E-state index in [4.69, 9.17) is 23.6 Å². The van der Waals surface area contributed by atoms with Crippen molar-refractivity contribution in [2.24, 2.45) is 0 Å². The molecule has 31 heavy (non-hydrogen) atoms. The van der Waals surface area contributed by atoms with Crippen molar-refractivity contribution in [2.45, 2.75) is 39.0 Å². The number of hydrogen-bond donors (Lipinski definition) is 0. The summed E-state index contributed by atoms with van der Waals surface area (Å²) in [5.74, 6) is 2.79. The van der Waals surface area contributed by atoms with Gasteiger partial charge >= 0.3 is 0 Å². The minimum Gasteiger partial charge on any atom is -0.493 e. The van der Waals surface area contributed by atoms with Gasteiger partial charge in [-0.15, -0.1) is 0 Å². The number of aromatic nitrogens is 1. The maximum absolute atomic E-state index is 6.18. The van der Waals surface area contributed by atoms with Crippen LogP contribution in [0, 0.1) is 6.92 Å². The smallest absolute Gasteiger partial charge is 0.226 e. The molecule has 0 bridgehead atoms. The number of hydrogen-bond acceptors (Lipinski definition) is 6. The van der Waals surface area contributed by atoms with Gasteiger partial charge in [-0.1, -0.05) is 30.3 Å². The minimum atomic E-state index is 0.242. The van der Waals surface area contributed by atoms with Crippen molar-refractivity contribution in [3.63, 3.8) is 0 Å². The Labute approximate surface area is 183 Å². The molecular formula is C25H30N2O4. The second-order valence-electron chi connectivity index (χ2n) is 7.89. The third kappa shape index (κ3) is 5.27. The largest absolute Gasteiger partial charge is 0.493 e. The average Bonchev–Trinajstić information content (AvgIpc) is 3.18. The van der Waals surface area contributed by atoms with Crippen LogP contribution in [-0.4, -0.2) is 43.3 Å². The summed E-state index contributed by atoms with van der Waals surface area (Å²) in [6.07, 6.45) is 2.46. The SMILES string of the molecule is COc1ccc(-c2nc(CN3CCC[C@H](OCc4ccccc4)C3)c(C)o2)cc1OC. The summed E-state index contributed by atoms with van der Waals surface area (Å²) < 4.78 is 22.9. The van der Waals surface area contributed by atoms with Crippen LogP contribution in [0.2, 0.25) is 0 Å². The molecule has 2 aromatic carbocycles. The molecule has 0 N–H and O–H groups in total. The number of rotatable bonds is 8. The van der Waals surface area contributed by atoms with E-state index in [0.717, 1.165) is 49.5 Å². The van der Waals surface area contributed by atoms with Gasteiger partial charge < -0.3 is 18.6 Å². The first-order valence-corrected chi connectivity index (χ1v) is 10.7. The summed E-state index contributed by atoms with van der Waals surface area (Å²) in [5.41, 5.74) is 3.05. The van der Waals surface area contributed by atoms with Crippen LogP contribution in [0.3, 0.4) is 0 Å². The first-order chi connectivity index (χ1) is 15.2. The van der Waals surface area contributed by atoms with Crippen LogP contribution in [0.4, 0.5) is 0 Å². The summed E-state index contributed by atoms with van der Waals surface area (Å²) in [6, 6.07) is 16.0. The Morgan fingerprint density at radius 3 is 2.65 bits per heavy atom. The molecule has 4 rings (SSSR count). The van der Waals surface area contributed by atoms with Crippen molar-refractivity contribution in [1.82, 2.24) is 9.88 Å². The van der Waals surface area contributed by atoms with Crippen LogP contribution >= 0.6 is 0 Å². The number of ether oxygens (including phenoxy) is 3. The van der Waals surface area contributed by atoms with Gasteiger partial charge in [-0.05, 0) is 50.1 Å². The summed E-state index contributed by atoms with van der Waals surface area (Å²) in [4.78, 5) is 7.18. The number of likely N-dealkylation sites (tertiary alicyclic amines) is 1. The Morgan fingerprint density at radius 1 is 1.06 bits per heavy atom. The number of piperidine rings is 1. The minimum absolute atomic E-state index is 0.242. The lowest BCUT2D eigenvalue weighted by Gasteiger charge is -2.32. The van der Waals surface area contributed by atoms with E-state index >= 15 is 0 Å². The highest BCUT2D eigenvalue weighted by Crippen LogP contribution is 2.33. The van der Waals surface area contributed by atoms with E-state index in [2.05, 4.69) is 29.2 Å². The molecular weight excluding hydrogens is 392 g/mol. The molecule has 0 spiro atoms. The number of oxazole rings is 1. The van der Waals surface area contributed by atoms with E-state index < -0.39 is 0 Å². The number of benzene rings is 2. The van der Waals surface area contributed by atoms with E-state index in [0.29, 0.717) is 24.0 Å². The van der Waals surface area contributed by atoms with Crippen molar-refractivity contribution < 1.29 is 18.6 Å². The van der Waals surface area contributed by atoms with Crippen molar-refractivity contribution in [2.75, 3.05) is 27.3 Å². The normalized spacial score (nSPS) is 16.9. The van der Waals surface area contributed by atoms with Crippen molar-refractivity contribution in [1.29, 1.82) is 0 Å². The van der Waals surface area contributed by atoms with Gasteiger partial charge in [-0.25, -0.2) is 4.98 Å². The number of methoxy groups -OCH3 is 2. The third-order valence-electron chi connectivity index (χ3n) is 5.69. The van der Waals surface area contributed by atoms with E-state index in [-0.39, 0.29) is 6.10 Å². The van der Waals surface area contributed by atoms with E-state index in [1.807, 2.05) is 31.2 Å². The zero-order valence-electron chi connectivity index (χ0n) is 18.5. The van der Waals surface area contributed by atoms with Gasteiger partial charge in [-0.3, -0.25) is 4.90 Å². The van der Waals surface area contributed by atoms with Crippen molar-refractivity contribution in [3.8, 4) is 23.0 Å². The second kappa shape index (κ2) is 9.98. The fourth-order valence-corrected chi connectivity index (χ4v) is 3.96. The molecule has 0 unspecified atom stereocenters. The van der Waals surface area contributed by atoms with Crippen LogP contribution in [0.15, 0.2) is 52.9 Å². The van der Waals surface area contributed by atoms with Crippen LogP contribution < -0.4 is 9.47 Å². The van der Waals surface area contributed by atoms with Crippen LogP contribution in [-0.2, 0) is 17.9 Å². The molecule has 0 radical (unpaired) electrons. The summed E-state index contributed by atoms with van der Waals surface area (Å²) in [7, 11) is 3.25. The zero-order chi connectivity index (χ0) is 21.6. The summed E-state index contributed by atoms with van der Waals surface area (Å²) in [6.45, 7) is 5.34. The van der Waals surface area contributed by atoms with Gasteiger partial charge in [0.15, 0.2) is 11.5 Å². The maximum Gasteiger partial charge on any atom is 0.226 e. The highest BCUT2D eigenvalue weighted by Gasteiger charge is 2.23. The van der Waals surface area contributed by atoms with Crippen LogP contribution in [0.5, 0.6) is 11.5 Å². The molecule has 1 atom stereocenters. The standard InChI is InChI=1S/C25H30N2O4/c1-18-22(26-25(31-18)20-11-12-23(28-2)24(14-20)29-3)16-27-13-7-10-21(15-27)30-17-19-8-5-4-6-9-19/h4-6,8-9,11-12,14,21H,7,10,13,15-17H2,1-3H3/t21-/m0/s1. The first-order valence-electron chi connectivity index (χ1n) is 10.7. The Balaban J connectivity index is 1.40. The molecule has 0 aliphatic carbocycles. The third-order valence-corrected chi connectivity index (χ3v) is 5.69. The van der Waals surface area contributed by atoms with Gasteiger partial charge in [0.05, 0.1) is 32.6 Å². The quantitative estimate of drug-likeness (QED) is 0.517. The van der Waals surface area contributed by atoms with E-state index in [9.17, 15) is 0 Å². The molecule has 164 valence electrons. The molecule has 2 heterocycles. The molecule has 1 aliphatic heterocycles. The van der Waals surface area contributed by atoms with Gasteiger partial charge in [0.2, 0.25) is 5.89 Å². The molecule has 3 aromatic rings. The molecule has 6 nitrogen and oxygen atoms in total. The van der Waals surface area contributed by atoms with E-state index in [1.54, 1.807) is 14.2 Å². The number of nitrogens with zero attached hydrogens (tertiary/aromatic N) is 2. The summed E-state index contributed by atoms with van der Waals surface area (Å²) in [5, 5.41) is 0. The first kappa shape index (κ1) is 21.4. The van der Waals surface area contributed by atoms with Crippen LogP contribution in [0.1, 0.15) is 29.9 Å². The lowest BCUT2D eigenvalue weighted by Crippen LogP contribution is -2.39. The summed E-state index contributed by atoms with van der Waals surface area (Å²) >= 11 is 0. The van der Waals surface area contributed by atoms with Gasteiger partial charge in [0.1, 0.15) is 5.76 Å². The molecule has 1 aliphatic rings. The Kier molecular flexibility index (Phi) is 6.89. The highest BCUT2D eigenvalue weighted by atomic mass is 16.5. The van der Waals surface area contributed by atoms with Crippen LogP contribution in [0.25, 0.3) is 11.5 Å². The highest BCUT2D eigenvalue weighted by molar-refractivity contribution is 5.60. The topological polar surface area (TPSA) is 57.0 Å². The second-order valence-corrected chi connectivity index (χ2v) is 7.89. The fraction of sp³-hybridized carbons (Fsp3) is 0.400. The fourth-order valence-electron chi connectivity index (χ4n) is 3.96. The predicted octanol–water partition coefficient (Wildman–Crippen LogP) is 4.85. The van der Waals surface area contributed by atoms with Gasteiger partial charge in [0.25, 0.3) is 0 Å². The molecule has 1 aromatic heterocycles. The molecule has 1 fully saturated rings. The molecule has 0 amide bonds. The van der Waals surface area contributed by atoms with Crippen molar-refractivity contribution in [3.05, 3.63) is 65.5 Å². The Hall–Kier alpha value is -2.83. The van der Waals surface area contributed by atoms with Gasteiger partial charge in [0, 0.05) is 18.7 Å². The lowest BCUT2D eigenvalue weighted by atomic mass is 10.1. The number of aryl methyl sites for hydroxylation is 1. The van der Waals surface area contributed by atoms with E-state index in [1.165, 1.54) is 5.56 Å². The maximum atomic E-state index is 6.18. The Morgan fingerprint density at radius 2 is 1.87 bits per heavy atom. The Bertz CT molecular complexity index is 986. The monoisotopic (exact) mass is 422 g/mol.